The molecule has 25 heavy (non-hydrogen) atoms. The van der Waals surface area contributed by atoms with Gasteiger partial charge in [-0.15, -0.1) is 0 Å². The molecule has 1 aromatic carbocycles. The van der Waals surface area contributed by atoms with E-state index >= 15 is 0 Å². The average Bonchev–Trinajstić information content (AvgIpc) is 2.55. The number of hydrogen-bond acceptors (Lipinski definition) is 4. The molecule has 1 aromatic heterocycles. The first-order valence-electron chi connectivity index (χ1n) is 8.08. The Morgan fingerprint density at radius 1 is 1.24 bits per heavy atom. The summed E-state index contributed by atoms with van der Waals surface area (Å²) >= 11 is 0. The minimum Gasteiger partial charge on any atom is -0.480 e. The number of carbonyl (C=O) groups is 2. The predicted octanol–water partition coefficient (Wildman–Crippen LogP) is 1.99. The number of carboxylic acids is 1. The van der Waals surface area contributed by atoms with Gasteiger partial charge in [0.05, 0.1) is 5.39 Å². The van der Waals surface area contributed by atoms with E-state index in [9.17, 15) is 19.5 Å². The zero-order valence-corrected chi connectivity index (χ0v) is 15.1. The highest BCUT2D eigenvalue weighted by atomic mass is 16.4. The summed E-state index contributed by atoms with van der Waals surface area (Å²) in [4.78, 5) is 38.1. The molecule has 0 aliphatic heterocycles. The van der Waals surface area contributed by atoms with Crippen LogP contribution in [-0.4, -0.2) is 44.3 Å². The molecule has 0 aliphatic carbocycles. The molecule has 7 nitrogen and oxygen atoms in total. The summed E-state index contributed by atoms with van der Waals surface area (Å²) in [5.41, 5.74) is -1.59. The Bertz CT molecular complexity index is 884. The van der Waals surface area contributed by atoms with Crippen molar-refractivity contribution in [3.05, 3.63) is 40.3 Å². The monoisotopic (exact) mass is 345 g/mol. The highest BCUT2D eigenvalue weighted by Gasteiger charge is 2.37. The largest absolute Gasteiger partial charge is 0.480 e. The standard InChI is InChI=1S/C18H23N3O4/c1-11(2)10-21-15(22)13-9-7-6-8-12(13)14(19-21)16(23)20(5)18(3,4)17(24)25/h6-9,11H,10H2,1-5H3,(H,24,25). The Kier molecular flexibility index (Phi) is 4.97. The fraction of sp³-hybridized carbons (Fsp3) is 0.444. The number of carboxylic acid groups (broad SMARTS) is 1. The number of nitrogens with zero attached hydrogens (tertiary/aromatic N) is 3. The third-order valence-electron chi connectivity index (χ3n) is 4.27. The Morgan fingerprint density at radius 3 is 2.32 bits per heavy atom. The molecule has 0 aliphatic rings. The van der Waals surface area contributed by atoms with Gasteiger partial charge in [0, 0.05) is 19.0 Å². The van der Waals surface area contributed by atoms with Crippen LogP contribution in [0.4, 0.5) is 0 Å². The summed E-state index contributed by atoms with van der Waals surface area (Å²) < 4.78 is 1.28. The zero-order valence-electron chi connectivity index (χ0n) is 15.1. The van der Waals surface area contributed by atoms with Gasteiger partial charge < -0.3 is 10.0 Å². The highest BCUT2D eigenvalue weighted by molar-refractivity contribution is 6.06. The van der Waals surface area contributed by atoms with Gasteiger partial charge in [-0.3, -0.25) is 9.59 Å². The number of benzene rings is 1. The molecule has 1 N–H and O–H groups in total. The molecule has 0 fully saturated rings. The van der Waals surface area contributed by atoms with Gasteiger partial charge in [-0.1, -0.05) is 32.0 Å². The van der Waals surface area contributed by atoms with Crippen LogP contribution in [-0.2, 0) is 11.3 Å². The van der Waals surface area contributed by atoms with Crippen molar-refractivity contribution in [2.75, 3.05) is 7.05 Å². The van der Waals surface area contributed by atoms with Crippen LogP contribution >= 0.6 is 0 Å². The Balaban J connectivity index is 2.68. The second-order valence-corrected chi connectivity index (χ2v) is 7.00. The molecule has 0 saturated carbocycles. The van der Waals surface area contributed by atoms with Crippen molar-refractivity contribution >= 4 is 22.6 Å². The summed E-state index contributed by atoms with van der Waals surface area (Å²) in [6.45, 7) is 7.16. The Labute approximate surface area is 145 Å². The number of hydrogen-bond donors (Lipinski definition) is 1. The first-order chi connectivity index (χ1) is 11.6. The van der Waals surface area contributed by atoms with Crippen molar-refractivity contribution in [1.82, 2.24) is 14.7 Å². The summed E-state index contributed by atoms with van der Waals surface area (Å²) in [7, 11) is 1.42. The molecule has 0 saturated heterocycles. The molecule has 7 heteroatoms. The summed E-state index contributed by atoms with van der Waals surface area (Å²) in [6, 6.07) is 6.74. The molecule has 2 aromatic rings. The summed E-state index contributed by atoms with van der Waals surface area (Å²) in [5.74, 6) is -1.49. The van der Waals surface area contributed by atoms with Gasteiger partial charge in [0.2, 0.25) is 0 Å². The SMILES string of the molecule is CC(C)Cn1nc(C(=O)N(C)C(C)(C)C(=O)O)c2ccccc2c1=O. The number of carbonyl (C=O) groups excluding carboxylic acids is 1. The molecule has 1 heterocycles. The van der Waals surface area contributed by atoms with Crippen LogP contribution in [0.5, 0.6) is 0 Å². The molecular weight excluding hydrogens is 322 g/mol. The lowest BCUT2D eigenvalue weighted by molar-refractivity contribution is -0.147. The number of amides is 1. The normalized spacial score (nSPS) is 11.8. The molecule has 0 atom stereocenters. The van der Waals surface area contributed by atoms with Crippen molar-refractivity contribution in [3.63, 3.8) is 0 Å². The van der Waals surface area contributed by atoms with Gasteiger partial charge in [-0.2, -0.15) is 5.10 Å². The molecule has 134 valence electrons. The second kappa shape index (κ2) is 6.66. The number of aromatic nitrogens is 2. The maximum absolute atomic E-state index is 12.9. The number of fused-ring (bicyclic) bond motifs is 1. The van der Waals surface area contributed by atoms with Crippen LogP contribution in [0.25, 0.3) is 10.8 Å². The van der Waals surface area contributed by atoms with E-state index < -0.39 is 17.4 Å². The fourth-order valence-corrected chi connectivity index (χ4v) is 2.42. The fourth-order valence-electron chi connectivity index (χ4n) is 2.42. The van der Waals surface area contributed by atoms with Crippen molar-refractivity contribution in [2.45, 2.75) is 39.8 Å². The van der Waals surface area contributed by atoms with Crippen LogP contribution in [0.1, 0.15) is 38.2 Å². The molecule has 2 rings (SSSR count). The number of aliphatic carboxylic acids is 1. The molecular formula is C18H23N3O4. The first-order valence-corrected chi connectivity index (χ1v) is 8.08. The van der Waals surface area contributed by atoms with Crippen molar-refractivity contribution in [1.29, 1.82) is 0 Å². The molecule has 0 spiro atoms. The highest BCUT2D eigenvalue weighted by Crippen LogP contribution is 2.20. The van der Waals surface area contributed by atoms with Crippen LogP contribution in [0.3, 0.4) is 0 Å². The Hall–Kier alpha value is -2.70. The zero-order chi connectivity index (χ0) is 18.9. The maximum Gasteiger partial charge on any atom is 0.329 e. The molecule has 0 unspecified atom stereocenters. The molecule has 1 amide bonds. The lowest BCUT2D eigenvalue weighted by Crippen LogP contribution is -2.51. The van der Waals surface area contributed by atoms with Gasteiger partial charge in [0.1, 0.15) is 5.54 Å². The predicted molar refractivity (Wildman–Crippen MR) is 94.6 cm³/mol. The second-order valence-electron chi connectivity index (χ2n) is 7.00. The van der Waals surface area contributed by atoms with Crippen LogP contribution in [0.2, 0.25) is 0 Å². The van der Waals surface area contributed by atoms with Gasteiger partial charge in [0.25, 0.3) is 11.5 Å². The summed E-state index contributed by atoms with van der Waals surface area (Å²) in [6.07, 6.45) is 0. The van der Waals surface area contributed by atoms with Crippen molar-refractivity contribution < 1.29 is 14.7 Å². The van der Waals surface area contributed by atoms with Gasteiger partial charge in [0.15, 0.2) is 5.69 Å². The van der Waals surface area contributed by atoms with Crippen LogP contribution in [0, 0.1) is 5.92 Å². The smallest absolute Gasteiger partial charge is 0.329 e. The first kappa shape index (κ1) is 18.6. The lowest BCUT2D eigenvalue weighted by Gasteiger charge is -2.31. The van der Waals surface area contributed by atoms with E-state index in [2.05, 4.69) is 5.10 Å². The minimum absolute atomic E-state index is 0.0766. The van der Waals surface area contributed by atoms with Gasteiger partial charge in [-0.25, -0.2) is 9.48 Å². The quantitative estimate of drug-likeness (QED) is 0.894. The minimum atomic E-state index is -1.40. The van der Waals surface area contributed by atoms with Crippen LogP contribution in [0.15, 0.2) is 29.1 Å². The number of rotatable bonds is 5. The van der Waals surface area contributed by atoms with E-state index in [4.69, 9.17) is 0 Å². The third-order valence-corrected chi connectivity index (χ3v) is 4.27. The lowest BCUT2D eigenvalue weighted by atomic mass is 10.0. The van der Waals surface area contributed by atoms with Crippen molar-refractivity contribution in [3.8, 4) is 0 Å². The van der Waals surface area contributed by atoms with Crippen LogP contribution < -0.4 is 5.56 Å². The Morgan fingerprint density at radius 2 is 1.80 bits per heavy atom. The van der Waals surface area contributed by atoms with E-state index in [1.165, 1.54) is 25.6 Å². The van der Waals surface area contributed by atoms with E-state index in [1.807, 2.05) is 13.8 Å². The van der Waals surface area contributed by atoms with E-state index in [0.29, 0.717) is 17.3 Å². The van der Waals surface area contributed by atoms with Crippen molar-refractivity contribution in [2.24, 2.45) is 5.92 Å². The van der Waals surface area contributed by atoms with Gasteiger partial charge in [-0.05, 0) is 25.8 Å². The summed E-state index contributed by atoms with van der Waals surface area (Å²) in [5, 5.41) is 14.4. The molecule has 0 radical (unpaired) electrons. The van der Waals surface area contributed by atoms with E-state index in [1.54, 1.807) is 24.3 Å². The maximum atomic E-state index is 12.9. The van der Waals surface area contributed by atoms with E-state index in [-0.39, 0.29) is 17.2 Å². The average molecular weight is 345 g/mol. The molecule has 0 bridgehead atoms. The third kappa shape index (κ3) is 3.40. The van der Waals surface area contributed by atoms with E-state index in [0.717, 1.165) is 4.90 Å². The number of likely N-dealkylation sites (N-methyl/N-ethyl adjacent to an activating group) is 1. The topological polar surface area (TPSA) is 92.5 Å². The van der Waals surface area contributed by atoms with Gasteiger partial charge >= 0.3 is 5.97 Å².